The number of hydrogen-bond acceptors (Lipinski definition) is 39. The number of hydrogen-bond donors (Lipinski definition) is 15. The van der Waals surface area contributed by atoms with E-state index >= 15 is 0 Å². The molecule has 149 heavy (non-hydrogen) atoms. The van der Waals surface area contributed by atoms with Crippen molar-refractivity contribution in [2.24, 2.45) is 5.73 Å². The molecule has 818 valence electrons. The largest absolute Gasteiger partial charge is 0.492 e. The highest BCUT2D eigenvalue weighted by atomic mass is 127. The Morgan fingerprint density at radius 2 is 1.48 bits per heavy atom. The molecule has 16 N–H and O–H groups in total. The van der Waals surface area contributed by atoms with Gasteiger partial charge in [-0.25, -0.2) is 19.6 Å². The maximum atomic E-state index is 14.6. The summed E-state index contributed by atoms with van der Waals surface area (Å²) in [5.41, 5.74) is 9.59. The zero-order valence-electron chi connectivity index (χ0n) is 84.7. The Morgan fingerprint density at radius 1 is 0.799 bits per heavy atom. The summed E-state index contributed by atoms with van der Waals surface area (Å²) in [6.07, 6.45) is -19.3. The van der Waals surface area contributed by atoms with Crippen LogP contribution in [0.2, 0.25) is 0 Å². The molecule has 2 bridgehead atoms. The average molecular weight is 2390 g/mol. The lowest BCUT2D eigenvalue weighted by atomic mass is 9.75. The van der Waals surface area contributed by atoms with Crippen LogP contribution in [0.1, 0.15) is 150 Å². The Labute approximate surface area is 904 Å². The summed E-state index contributed by atoms with van der Waals surface area (Å²) in [4.78, 5) is 177. The SMILES string of the molecule is CCC(O)C(OC)C(O)C(O)Oc1c(I)c(C)c(C(=O)SC2C(O)CC(ONC3C(C)OC(O[C@H]4C#C/C=C\C#C[C@]5(O)CC(=O)C(NC(=O)OC)=C4/C5=C\CSSC(C)(C)CC(C)=O)C(OC4CC(OC)C(N(CC)C(=O)CNC(=O)OCc5ccc(NC(=O)[C@H](CC(N)=O)NC(=O)[C@H](C)NC(=O)[C@H](C)NC(=O)CCOCCOCCNC(=O)c6ccc7nc(CBr)c(CBr)nc7c6)cc5)CO4)C3O)OC2C)c(OC)c1OC. The zero-order chi connectivity index (χ0) is 109. The van der Waals surface area contributed by atoms with E-state index in [1.807, 2.05) is 36.4 Å². The molecule has 51 heteroatoms. The predicted molar refractivity (Wildman–Crippen MR) is 559 cm³/mol. The normalized spacial score (nSPS) is 23.6. The number of nitrogens with two attached hydrogens (primary N) is 1. The number of hydroxylamine groups is 1. The van der Waals surface area contributed by atoms with E-state index in [1.54, 1.807) is 58.9 Å². The molecule has 4 aromatic rings. The van der Waals surface area contributed by atoms with Crippen LogP contribution in [0.4, 0.5) is 15.3 Å². The highest BCUT2D eigenvalue weighted by molar-refractivity contribution is 14.1. The first-order chi connectivity index (χ1) is 70.9. The van der Waals surface area contributed by atoms with Crippen molar-refractivity contribution in [2.45, 2.75) is 263 Å². The number of aliphatic hydroxyl groups is 6. The highest BCUT2D eigenvalue weighted by Gasteiger charge is 2.53. The molecule has 1 aromatic heterocycles. The van der Waals surface area contributed by atoms with Crippen molar-refractivity contribution in [2.75, 3.05) is 99.3 Å². The fourth-order valence-corrected chi connectivity index (χ4v) is 21.5. The fraction of sp³-hybridized carbons (Fsp3) is 0.571. The number of alkyl carbamates (subject to hydrolysis) is 2. The van der Waals surface area contributed by atoms with Crippen LogP contribution in [0.5, 0.6) is 17.2 Å². The number of rotatable bonds is 53. The number of carbonyl (C=O) groups excluding carboxylic acids is 12. The van der Waals surface area contributed by atoms with Crippen LogP contribution in [0, 0.1) is 34.2 Å². The molecule has 16 unspecified atom stereocenters. The van der Waals surface area contributed by atoms with Crippen molar-refractivity contribution in [3.63, 3.8) is 0 Å². The first-order valence-corrected chi connectivity index (χ1v) is 54.0. The standard InChI is InChI=1S/C98H129Br2IN12O33S3/c1-16-65(115)82(133-12)81(122)92(127)145-84-77(101)50(4)75(83(134-13)86(84)135-14)93(128)148-87-54(8)141-74(40-66(87)116)146-112-78-53(7)142-94(143-68-22-20-18-19-21-31-98(131)43-67(117)79(111-96(130)136-15)76(68)58(98)30-37-147-149-97(9,10)42-49(3)114)85(80(78)121)144-73-41-69(132-11)64(48-139-73)113(17-2)72(120)46-104-95(129)140-47-55-23-26-57(27-24-55)107-91(126)61(39-70(102)118)110-89(124)52(6)106-88(123)51(5)105-71(119)29-33-137-35-36-138-34-32-103-90(125)56-25-28-59-60(38-56)109-63(45-100)62(44-99)108-59/h18-19,23-28,30,38,51-54,61,64-66,68-69,73-74,78,80-82,85,87,92,94,112,115-116,121-122,127,131H,16-17,29,32-37,39-48H2,1-15H3,(H2,102,118)(H,103,125)(H,104,129)(H,105,119)(H,106,123)(H,107,126)(H,110,124)(H,111,130)/b19-18-,58-30+/t51-,52-,53?,54?,61-,64?,65?,66?,68-,69?,73?,74?,78?,80?,81?,82?,85?,87?,92?,94?,98-/m0/s1. The van der Waals surface area contributed by atoms with E-state index < -0.39 is 216 Å². The second kappa shape index (κ2) is 59.2. The van der Waals surface area contributed by atoms with Crippen LogP contribution in [-0.4, -0.2) is 342 Å². The van der Waals surface area contributed by atoms with Crippen molar-refractivity contribution >= 4 is 175 Å². The number of fused-ring (bicyclic) bond motifs is 3. The quantitative estimate of drug-likeness (QED) is 0.00541. The third-order valence-electron chi connectivity index (χ3n) is 24.1. The lowest BCUT2D eigenvalue weighted by molar-refractivity contribution is -0.337. The molecule has 9 rings (SSSR count). The molecule has 0 saturated carbocycles. The molecule has 21 atom stereocenters. The number of ketones is 2. The first kappa shape index (κ1) is 123. The Kier molecular flexibility index (Phi) is 48.9. The topological polar surface area (TPSA) is 616 Å². The molecule has 4 heterocycles. The van der Waals surface area contributed by atoms with E-state index in [4.69, 9.17) is 76.9 Å². The smallest absolute Gasteiger partial charge is 0.411 e. The molecule has 3 aromatic carbocycles. The van der Waals surface area contributed by atoms with E-state index in [0.29, 0.717) is 38.4 Å². The number of carbonyl (C=O) groups is 12. The maximum Gasteiger partial charge on any atom is 0.411 e. The van der Waals surface area contributed by atoms with Crippen molar-refractivity contribution in [1.29, 1.82) is 0 Å². The number of allylic oxidation sites excluding steroid dienone is 3. The number of alkyl halides is 2. The number of ether oxygens (including phenoxy) is 14. The van der Waals surface area contributed by atoms with Crippen LogP contribution in [-0.2, 0) is 113 Å². The Morgan fingerprint density at radius 3 is 2.12 bits per heavy atom. The predicted octanol–water partition coefficient (Wildman–Crippen LogP) is 4.72. The third kappa shape index (κ3) is 34.6. The van der Waals surface area contributed by atoms with Gasteiger partial charge in [0.1, 0.15) is 67.6 Å². The molecule has 0 radical (unpaired) electrons. The lowest BCUT2D eigenvalue weighted by Crippen LogP contribution is -2.65. The van der Waals surface area contributed by atoms with Gasteiger partial charge in [-0.3, -0.25) is 58.1 Å². The van der Waals surface area contributed by atoms with Gasteiger partial charge < -0.3 is 139 Å². The minimum Gasteiger partial charge on any atom is -0.492 e. The second-order valence-corrected chi connectivity index (χ2v) is 41.9. The van der Waals surface area contributed by atoms with Crippen LogP contribution in [0.15, 0.2) is 77.5 Å². The zero-order valence-corrected chi connectivity index (χ0v) is 92.5. The number of aromatic nitrogens is 2. The number of halogens is 3. The van der Waals surface area contributed by atoms with Gasteiger partial charge in [0.2, 0.25) is 52.6 Å². The van der Waals surface area contributed by atoms with E-state index in [-0.39, 0.29) is 145 Å². The van der Waals surface area contributed by atoms with Crippen LogP contribution in [0.3, 0.4) is 0 Å². The minimum absolute atomic E-state index is 0.00902. The van der Waals surface area contributed by atoms with Crippen molar-refractivity contribution in [3.8, 4) is 40.9 Å². The van der Waals surface area contributed by atoms with Gasteiger partial charge in [-0.05, 0) is 145 Å². The Balaban J connectivity index is 0.805. The van der Waals surface area contributed by atoms with E-state index in [1.165, 1.54) is 112 Å². The Bertz CT molecular complexity index is 5610. The number of likely N-dealkylation sites (N-methyl/N-ethyl adjacent to an activating group) is 1. The molecule has 45 nitrogen and oxygen atoms in total. The molecule has 5 aliphatic rings. The van der Waals surface area contributed by atoms with Gasteiger partial charge >= 0.3 is 12.2 Å². The van der Waals surface area contributed by atoms with E-state index in [2.05, 4.69) is 108 Å². The number of Topliss-reactive ketones (excluding diaryl/α,β-unsaturated/α-hetero) is 2. The van der Waals surface area contributed by atoms with Crippen LogP contribution in [0.25, 0.3) is 11.0 Å². The number of methoxy groups -OCH3 is 5. The van der Waals surface area contributed by atoms with Crippen molar-refractivity contribution in [1.82, 2.24) is 52.2 Å². The maximum absolute atomic E-state index is 14.6. The van der Waals surface area contributed by atoms with Gasteiger partial charge in [-0.2, -0.15) is 5.48 Å². The van der Waals surface area contributed by atoms with Crippen LogP contribution >= 0.6 is 87.8 Å². The molecule has 9 amide bonds. The summed E-state index contributed by atoms with van der Waals surface area (Å²) in [5, 5.41) is 87.5. The summed E-state index contributed by atoms with van der Waals surface area (Å²) < 4.78 is 82.9. The van der Waals surface area contributed by atoms with Gasteiger partial charge in [0.25, 0.3) is 5.91 Å². The van der Waals surface area contributed by atoms with E-state index in [9.17, 15) is 88.2 Å². The number of nitrogens with zero attached hydrogens (tertiary/aromatic N) is 3. The molecule has 2 aliphatic carbocycles. The van der Waals surface area contributed by atoms with Gasteiger partial charge in [0, 0.05) is 96.5 Å². The average Bonchev–Trinajstić information content (AvgIpc) is 0.749. The molecule has 0 spiro atoms. The molecule has 3 aliphatic heterocycles. The summed E-state index contributed by atoms with van der Waals surface area (Å²) in [7, 11) is 8.96. The number of nitrogens with one attached hydrogen (secondary N) is 8. The number of thioether (sulfide) groups is 1. The number of amides is 9. The van der Waals surface area contributed by atoms with Crippen LogP contribution < -0.4 is 62.6 Å². The second-order valence-electron chi connectivity index (χ2n) is 35.5. The summed E-state index contributed by atoms with van der Waals surface area (Å²) in [6.45, 7) is 15.5. The van der Waals surface area contributed by atoms with Gasteiger partial charge in [0.15, 0.2) is 41.8 Å². The molecular formula is C98H129Br2IN12O33S3. The van der Waals surface area contributed by atoms with Crippen molar-refractivity contribution < 1.29 is 159 Å². The third-order valence-corrected chi connectivity index (χ3v) is 31.0. The van der Waals surface area contributed by atoms with Gasteiger partial charge in [-0.1, -0.05) is 114 Å². The first-order valence-electron chi connectivity index (χ1n) is 47.5. The number of anilines is 1. The molecule has 3 saturated heterocycles. The highest BCUT2D eigenvalue weighted by Crippen LogP contribution is 2.49. The van der Waals surface area contributed by atoms with Gasteiger partial charge in [0.05, 0.1) is 152 Å². The molecular weight excluding hydrogens is 2260 g/mol. The summed E-state index contributed by atoms with van der Waals surface area (Å²) in [6, 6.07) is 4.82. The van der Waals surface area contributed by atoms with Gasteiger partial charge in [-0.15, -0.1) is 0 Å². The summed E-state index contributed by atoms with van der Waals surface area (Å²) in [5.74, 6) is 5.38. The lowest BCUT2D eigenvalue weighted by Gasteiger charge is -2.47. The Hall–Kier alpha value is -9.36. The van der Waals surface area contributed by atoms with E-state index in [0.717, 1.165) is 30.3 Å². The number of aliphatic hydroxyl groups excluding tert-OH is 5. The number of primary amides is 1. The minimum atomic E-state index is -2.26. The number of benzene rings is 3. The molecule has 3 fully saturated rings. The fourth-order valence-electron chi connectivity index (χ4n) is 16.4. The summed E-state index contributed by atoms with van der Waals surface area (Å²) >= 11 is 9.46. The van der Waals surface area contributed by atoms with Crippen molar-refractivity contribution in [3.05, 3.63) is 115 Å². The monoisotopic (exact) mass is 2380 g/mol.